The molecule has 42 heavy (non-hydrogen) atoms. The van der Waals surface area contributed by atoms with Gasteiger partial charge in [-0.15, -0.1) is 0 Å². The molecule has 0 aromatic heterocycles. The van der Waals surface area contributed by atoms with Crippen LogP contribution in [0.2, 0.25) is 0 Å². The maximum atomic E-state index is 10.7. The standard InChI is InChI=1S/C38H64N2O2/c39-37(41)35-33-31-29-27-25-23-21-19-17-15-13-11-9-7-5-3-1-2-4-6-8-10-12-14-16-18-20-22-24-26-28-30-32-34-36-38(40)42/h7-10,13-16,19-22H,1-6,11-12,17-18,23-36H2,(H2,39,41)(H2,40,42)/b9-7-,10-8-,15-13-,16-14-,21-19-,22-20-. The number of rotatable bonds is 31. The van der Waals surface area contributed by atoms with Crippen LogP contribution in [0.5, 0.6) is 0 Å². The van der Waals surface area contributed by atoms with Crippen LogP contribution in [0.4, 0.5) is 0 Å². The summed E-state index contributed by atoms with van der Waals surface area (Å²) in [5, 5.41) is 0. The number of amides is 2. The lowest BCUT2D eigenvalue weighted by Crippen LogP contribution is -2.09. The van der Waals surface area contributed by atoms with Crippen molar-refractivity contribution in [3.8, 4) is 0 Å². The van der Waals surface area contributed by atoms with Crippen LogP contribution in [0.1, 0.15) is 154 Å². The van der Waals surface area contributed by atoms with Crippen LogP contribution in [0.15, 0.2) is 72.9 Å². The number of allylic oxidation sites excluding steroid dienone is 12. The Hall–Kier alpha value is -2.62. The Morgan fingerprint density at radius 2 is 0.524 bits per heavy atom. The first kappa shape index (κ1) is 39.4. The molecule has 4 nitrogen and oxygen atoms in total. The lowest BCUT2D eigenvalue weighted by atomic mass is 10.1. The predicted molar refractivity (Wildman–Crippen MR) is 184 cm³/mol. The van der Waals surface area contributed by atoms with Gasteiger partial charge >= 0.3 is 0 Å². The fourth-order valence-electron chi connectivity index (χ4n) is 4.62. The lowest BCUT2D eigenvalue weighted by molar-refractivity contribution is -0.119. The van der Waals surface area contributed by atoms with Crippen LogP contribution in [0.25, 0.3) is 0 Å². The highest BCUT2D eigenvalue weighted by atomic mass is 16.1. The lowest BCUT2D eigenvalue weighted by Gasteiger charge is -1.98. The highest BCUT2D eigenvalue weighted by Gasteiger charge is 1.95. The molecular formula is C38H64N2O2. The van der Waals surface area contributed by atoms with E-state index in [1.165, 1.54) is 77.0 Å². The summed E-state index contributed by atoms with van der Waals surface area (Å²) in [6, 6.07) is 0. The van der Waals surface area contributed by atoms with Crippen molar-refractivity contribution in [2.24, 2.45) is 11.5 Å². The van der Waals surface area contributed by atoms with Gasteiger partial charge in [-0.2, -0.15) is 0 Å². The third kappa shape index (κ3) is 37.4. The predicted octanol–water partition coefficient (Wildman–Crippen LogP) is 10.7. The van der Waals surface area contributed by atoms with Gasteiger partial charge in [-0.3, -0.25) is 9.59 Å². The van der Waals surface area contributed by atoms with Gasteiger partial charge in [-0.05, 0) is 89.9 Å². The third-order valence-corrected chi connectivity index (χ3v) is 7.17. The van der Waals surface area contributed by atoms with E-state index in [-0.39, 0.29) is 11.8 Å². The molecule has 0 unspecified atom stereocenters. The second-order valence-corrected chi connectivity index (χ2v) is 11.3. The van der Waals surface area contributed by atoms with E-state index in [2.05, 4.69) is 72.9 Å². The summed E-state index contributed by atoms with van der Waals surface area (Å²) in [6.07, 6.45) is 54.0. The summed E-state index contributed by atoms with van der Waals surface area (Å²) in [5.41, 5.74) is 10.3. The summed E-state index contributed by atoms with van der Waals surface area (Å²) < 4.78 is 0. The molecule has 0 atom stereocenters. The first-order chi connectivity index (χ1) is 20.6. The molecule has 0 rings (SSSR count). The summed E-state index contributed by atoms with van der Waals surface area (Å²) in [6.45, 7) is 0. The SMILES string of the molecule is NC(=O)CCCCCCC/C=C\C/C=C\C/C=C\CCCCCC/C=C\C/C=C\C/C=C\CCCCCCCC(N)=O. The molecule has 238 valence electrons. The van der Waals surface area contributed by atoms with Crippen molar-refractivity contribution in [1.82, 2.24) is 0 Å². The Labute approximate surface area is 259 Å². The molecule has 0 saturated carbocycles. The van der Waals surface area contributed by atoms with Crippen LogP contribution in [-0.2, 0) is 9.59 Å². The normalized spacial score (nSPS) is 12.5. The van der Waals surface area contributed by atoms with Gasteiger partial charge in [0, 0.05) is 12.8 Å². The zero-order valence-corrected chi connectivity index (χ0v) is 26.9. The molecular weight excluding hydrogens is 516 g/mol. The van der Waals surface area contributed by atoms with Gasteiger partial charge in [-0.1, -0.05) is 124 Å². The highest BCUT2D eigenvalue weighted by Crippen LogP contribution is 2.10. The van der Waals surface area contributed by atoms with Crippen molar-refractivity contribution in [2.45, 2.75) is 154 Å². The van der Waals surface area contributed by atoms with Crippen LogP contribution in [-0.4, -0.2) is 11.8 Å². The Bertz CT molecular complexity index is 723. The molecule has 4 heteroatoms. The Balaban J connectivity index is 3.37. The van der Waals surface area contributed by atoms with E-state index in [0.29, 0.717) is 12.8 Å². The molecule has 0 heterocycles. The van der Waals surface area contributed by atoms with E-state index in [0.717, 1.165) is 64.2 Å². The largest absolute Gasteiger partial charge is 0.370 e. The monoisotopic (exact) mass is 580 g/mol. The average molecular weight is 581 g/mol. The van der Waals surface area contributed by atoms with Gasteiger partial charge in [0.15, 0.2) is 0 Å². The van der Waals surface area contributed by atoms with Gasteiger partial charge in [0.25, 0.3) is 0 Å². The quantitative estimate of drug-likeness (QED) is 0.0631. The summed E-state index contributed by atoms with van der Waals surface area (Å²) in [5.74, 6) is -0.356. The number of carbonyl (C=O) groups excluding carboxylic acids is 2. The molecule has 0 bridgehead atoms. The van der Waals surface area contributed by atoms with Crippen molar-refractivity contribution >= 4 is 11.8 Å². The van der Waals surface area contributed by atoms with Crippen LogP contribution >= 0.6 is 0 Å². The number of hydrogen-bond donors (Lipinski definition) is 2. The first-order valence-corrected chi connectivity index (χ1v) is 17.1. The van der Waals surface area contributed by atoms with Crippen molar-refractivity contribution in [3.05, 3.63) is 72.9 Å². The third-order valence-electron chi connectivity index (χ3n) is 7.17. The fourth-order valence-corrected chi connectivity index (χ4v) is 4.62. The number of nitrogens with two attached hydrogens (primary N) is 2. The Kier molecular flexibility index (Phi) is 32.4. The molecule has 0 aromatic carbocycles. The maximum Gasteiger partial charge on any atom is 0.217 e. The minimum atomic E-state index is -0.178. The molecule has 0 aliphatic heterocycles. The summed E-state index contributed by atoms with van der Waals surface area (Å²) >= 11 is 0. The van der Waals surface area contributed by atoms with Crippen LogP contribution < -0.4 is 11.5 Å². The zero-order chi connectivity index (χ0) is 30.6. The number of carbonyl (C=O) groups is 2. The zero-order valence-electron chi connectivity index (χ0n) is 26.9. The minimum absolute atomic E-state index is 0.178. The van der Waals surface area contributed by atoms with E-state index >= 15 is 0 Å². The first-order valence-electron chi connectivity index (χ1n) is 17.1. The Morgan fingerprint density at radius 3 is 0.786 bits per heavy atom. The van der Waals surface area contributed by atoms with E-state index in [4.69, 9.17) is 11.5 Å². The Morgan fingerprint density at radius 1 is 0.310 bits per heavy atom. The van der Waals surface area contributed by atoms with Crippen molar-refractivity contribution in [1.29, 1.82) is 0 Å². The summed E-state index contributed by atoms with van der Waals surface area (Å²) in [7, 11) is 0. The van der Waals surface area contributed by atoms with Crippen molar-refractivity contribution in [3.63, 3.8) is 0 Å². The number of primary amides is 2. The number of hydrogen-bond acceptors (Lipinski definition) is 2. The molecule has 0 radical (unpaired) electrons. The minimum Gasteiger partial charge on any atom is -0.370 e. The molecule has 0 fully saturated rings. The van der Waals surface area contributed by atoms with E-state index in [9.17, 15) is 9.59 Å². The smallest absolute Gasteiger partial charge is 0.217 e. The molecule has 0 aliphatic carbocycles. The summed E-state index contributed by atoms with van der Waals surface area (Å²) in [4.78, 5) is 21.4. The second-order valence-electron chi connectivity index (χ2n) is 11.3. The second kappa shape index (κ2) is 34.6. The van der Waals surface area contributed by atoms with E-state index in [1.54, 1.807) is 0 Å². The van der Waals surface area contributed by atoms with Gasteiger partial charge in [0.05, 0.1) is 0 Å². The van der Waals surface area contributed by atoms with Crippen LogP contribution in [0, 0.1) is 0 Å². The highest BCUT2D eigenvalue weighted by molar-refractivity contribution is 5.73. The average Bonchev–Trinajstić information content (AvgIpc) is 2.96. The van der Waals surface area contributed by atoms with Gasteiger partial charge in [-0.25, -0.2) is 0 Å². The van der Waals surface area contributed by atoms with Gasteiger partial charge in [0.2, 0.25) is 11.8 Å². The molecule has 0 aromatic rings. The van der Waals surface area contributed by atoms with Crippen molar-refractivity contribution in [2.75, 3.05) is 0 Å². The fraction of sp³-hybridized carbons (Fsp3) is 0.632. The molecule has 0 aliphatic rings. The van der Waals surface area contributed by atoms with Crippen molar-refractivity contribution < 1.29 is 9.59 Å². The van der Waals surface area contributed by atoms with Gasteiger partial charge in [0.1, 0.15) is 0 Å². The molecule has 0 saturated heterocycles. The molecule has 4 N–H and O–H groups in total. The molecule has 0 spiro atoms. The van der Waals surface area contributed by atoms with Gasteiger partial charge < -0.3 is 11.5 Å². The van der Waals surface area contributed by atoms with E-state index in [1.807, 2.05) is 0 Å². The van der Waals surface area contributed by atoms with E-state index < -0.39 is 0 Å². The number of unbranched alkanes of at least 4 members (excludes halogenated alkanes) is 15. The maximum absolute atomic E-state index is 10.7. The topological polar surface area (TPSA) is 86.2 Å². The molecule has 2 amide bonds. The van der Waals surface area contributed by atoms with Crippen LogP contribution in [0.3, 0.4) is 0 Å².